The molecule has 0 atom stereocenters. The van der Waals surface area contributed by atoms with Crippen molar-refractivity contribution in [3.05, 3.63) is 47.5 Å². The Bertz CT molecular complexity index is 609. The smallest absolute Gasteiger partial charge is 0.275 e. The molecule has 1 heterocycles. The van der Waals surface area contributed by atoms with Crippen LogP contribution in [-0.4, -0.2) is 22.5 Å². The van der Waals surface area contributed by atoms with E-state index in [-0.39, 0.29) is 11.6 Å². The molecule has 2 aromatic rings. The lowest BCUT2D eigenvalue weighted by Crippen LogP contribution is -2.14. The molecule has 0 aliphatic carbocycles. The molecule has 5 nitrogen and oxygen atoms in total. The third kappa shape index (κ3) is 3.32. The summed E-state index contributed by atoms with van der Waals surface area (Å²) < 4.78 is 5.50. The zero-order chi connectivity index (χ0) is 14.5. The van der Waals surface area contributed by atoms with Crippen LogP contribution in [0.25, 0.3) is 0 Å². The summed E-state index contributed by atoms with van der Waals surface area (Å²) in [6.07, 6.45) is 3.03. The number of hydrogen-bond donors (Lipinski definition) is 1. The number of aromatic nitrogens is 2. The number of ether oxygens (including phenoxy) is 1. The Morgan fingerprint density at radius 3 is 2.70 bits per heavy atom. The van der Waals surface area contributed by atoms with E-state index in [0.717, 1.165) is 17.0 Å². The number of anilines is 1. The van der Waals surface area contributed by atoms with Crippen LogP contribution in [0.5, 0.6) is 5.75 Å². The van der Waals surface area contributed by atoms with E-state index in [0.29, 0.717) is 12.3 Å². The van der Waals surface area contributed by atoms with Crippen LogP contribution in [-0.2, 0) is 0 Å². The Balaban J connectivity index is 2.15. The zero-order valence-corrected chi connectivity index (χ0v) is 11.8. The Hall–Kier alpha value is -2.43. The van der Waals surface area contributed by atoms with Crippen LogP contribution in [0.15, 0.2) is 30.6 Å². The lowest BCUT2D eigenvalue weighted by Gasteiger charge is -2.10. The van der Waals surface area contributed by atoms with Gasteiger partial charge in [-0.05, 0) is 32.4 Å². The normalized spacial score (nSPS) is 10.2. The fraction of sp³-hybridized carbons (Fsp3) is 0.267. The number of nitrogens with zero attached hydrogens (tertiary/aromatic N) is 2. The molecule has 0 spiro atoms. The molecule has 0 radical (unpaired) electrons. The predicted octanol–water partition coefficient (Wildman–Crippen LogP) is 2.74. The summed E-state index contributed by atoms with van der Waals surface area (Å²) in [5, 5.41) is 2.78. The number of carbonyl (C=O) groups is 1. The third-order valence-corrected chi connectivity index (χ3v) is 2.76. The van der Waals surface area contributed by atoms with E-state index >= 15 is 0 Å². The number of hydrogen-bond acceptors (Lipinski definition) is 4. The van der Waals surface area contributed by atoms with Gasteiger partial charge >= 0.3 is 0 Å². The first kappa shape index (κ1) is 14.0. The summed E-state index contributed by atoms with van der Waals surface area (Å²) in [6, 6.07) is 5.54. The average Bonchev–Trinajstić information content (AvgIpc) is 2.43. The van der Waals surface area contributed by atoms with Gasteiger partial charge in [-0.25, -0.2) is 4.98 Å². The average molecular weight is 271 g/mol. The lowest BCUT2D eigenvalue weighted by atomic mass is 10.2. The minimum Gasteiger partial charge on any atom is -0.494 e. The molecule has 0 saturated heterocycles. The van der Waals surface area contributed by atoms with Crippen LogP contribution in [0.4, 0.5) is 5.69 Å². The van der Waals surface area contributed by atoms with E-state index in [1.54, 1.807) is 12.3 Å². The number of nitrogens with one attached hydrogen (secondary N) is 1. The van der Waals surface area contributed by atoms with Crippen LogP contribution in [0.2, 0.25) is 0 Å². The molecule has 1 amide bonds. The second-order valence-corrected chi connectivity index (χ2v) is 4.41. The number of amides is 1. The fourth-order valence-corrected chi connectivity index (χ4v) is 1.69. The molecule has 0 fully saturated rings. The summed E-state index contributed by atoms with van der Waals surface area (Å²) in [5.41, 5.74) is 2.76. The molecule has 20 heavy (non-hydrogen) atoms. The molecule has 104 valence electrons. The van der Waals surface area contributed by atoms with Gasteiger partial charge in [0.2, 0.25) is 0 Å². The van der Waals surface area contributed by atoms with Crippen molar-refractivity contribution in [2.45, 2.75) is 20.8 Å². The van der Waals surface area contributed by atoms with Gasteiger partial charge in [-0.2, -0.15) is 0 Å². The van der Waals surface area contributed by atoms with Crippen molar-refractivity contribution in [2.24, 2.45) is 0 Å². The van der Waals surface area contributed by atoms with Crippen LogP contribution in [0.1, 0.15) is 28.7 Å². The van der Waals surface area contributed by atoms with Gasteiger partial charge < -0.3 is 10.1 Å². The molecule has 0 aliphatic rings. The summed E-state index contributed by atoms with van der Waals surface area (Å²) >= 11 is 0. The zero-order valence-electron chi connectivity index (χ0n) is 11.8. The molecule has 0 saturated carbocycles. The molecule has 5 heteroatoms. The van der Waals surface area contributed by atoms with Gasteiger partial charge in [0.1, 0.15) is 11.4 Å². The Labute approximate surface area is 118 Å². The summed E-state index contributed by atoms with van der Waals surface area (Å²) in [5.74, 6) is 0.476. The molecule has 1 aromatic carbocycles. The van der Waals surface area contributed by atoms with Crippen molar-refractivity contribution in [3.63, 3.8) is 0 Å². The second kappa shape index (κ2) is 6.14. The van der Waals surface area contributed by atoms with Crippen molar-refractivity contribution in [1.29, 1.82) is 0 Å². The summed E-state index contributed by atoms with van der Waals surface area (Å²) in [7, 11) is 0. The largest absolute Gasteiger partial charge is 0.494 e. The van der Waals surface area contributed by atoms with Crippen molar-refractivity contribution >= 4 is 11.6 Å². The summed E-state index contributed by atoms with van der Waals surface area (Å²) in [4.78, 5) is 20.1. The molecule has 0 aliphatic heterocycles. The third-order valence-electron chi connectivity index (χ3n) is 2.76. The highest BCUT2D eigenvalue weighted by Gasteiger charge is 2.09. The van der Waals surface area contributed by atoms with E-state index in [1.165, 1.54) is 6.20 Å². The number of aryl methyl sites for hydroxylation is 2. The van der Waals surface area contributed by atoms with Gasteiger partial charge in [-0.1, -0.05) is 6.07 Å². The van der Waals surface area contributed by atoms with Crippen LogP contribution >= 0.6 is 0 Å². The topological polar surface area (TPSA) is 64.1 Å². The second-order valence-electron chi connectivity index (χ2n) is 4.41. The first-order valence-corrected chi connectivity index (χ1v) is 6.43. The van der Waals surface area contributed by atoms with E-state index in [4.69, 9.17) is 4.74 Å². The van der Waals surface area contributed by atoms with Gasteiger partial charge in [0.05, 0.1) is 18.5 Å². The molecular weight excluding hydrogens is 254 g/mol. The quantitative estimate of drug-likeness (QED) is 0.928. The van der Waals surface area contributed by atoms with Gasteiger partial charge in [0, 0.05) is 18.0 Å². The first-order valence-electron chi connectivity index (χ1n) is 6.43. The molecule has 0 bridgehead atoms. The van der Waals surface area contributed by atoms with Gasteiger partial charge in [0.15, 0.2) is 0 Å². The molecule has 2 rings (SSSR count). The highest BCUT2D eigenvalue weighted by molar-refractivity contribution is 6.02. The standard InChI is InChI=1S/C15H17N3O2/c1-4-20-14-7-12(6-5-10(14)2)18-15(19)13-9-16-11(3)8-17-13/h5-9H,4H2,1-3H3,(H,18,19). The van der Waals surface area contributed by atoms with Crippen LogP contribution < -0.4 is 10.1 Å². The molecule has 0 unspecified atom stereocenters. The number of rotatable bonds is 4. The number of benzene rings is 1. The number of carbonyl (C=O) groups excluding carboxylic acids is 1. The van der Waals surface area contributed by atoms with Crippen molar-refractivity contribution in [1.82, 2.24) is 9.97 Å². The maximum atomic E-state index is 12.0. The maximum Gasteiger partial charge on any atom is 0.275 e. The fourth-order valence-electron chi connectivity index (χ4n) is 1.69. The monoisotopic (exact) mass is 271 g/mol. The SMILES string of the molecule is CCOc1cc(NC(=O)c2cnc(C)cn2)ccc1C. The van der Waals surface area contributed by atoms with E-state index in [1.807, 2.05) is 32.9 Å². The molecule has 1 aromatic heterocycles. The van der Waals surface area contributed by atoms with Crippen molar-refractivity contribution < 1.29 is 9.53 Å². The van der Waals surface area contributed by atoms with E-state index in [9.17, 15) is 4.79 Å². The van der Waals surface area contributed by atoms with Crippen molar-refractivity contribution in [3.8, 4) is 5.75 Å². The highest BCUT2D eigenvalue weighted by Crippen LogP contribution is 2.22. The van der Waals surface area contributed by atoms with Crippen LogP contribution in [0.3, 0.4) is 0 Å². The Kier molecular flexibility index (Phi) is 4.30. The minimum atomic E-state index is -0.288. The minimum absolute atomic E-state index is 0.286. The van der Waals surface area contributed by atoms with E-state index in [2.05, 4.69) is 15.3 Å². The maximum absolute atomic E-state index is 12.0. The molecular formula is C15H17N3O2. The Morgan fingerprint density at radius 2 is 2.05 bits per heavy atom. The molecule has 1 N–H and O–H groups in total. The highest BCUT2D eigenvalue weighted by atomic mass is 16.5. The van der Waals surface area contributed by atoms with E-state index < -0.39 is 0 Å². The van der Waals surface area contributed by atoms with Gasteiger partial charge in [-0.15, -0.1) is 0 Å². The van der Waals surface area contributed by atoms with Crippen LogP contribution in [0, 0.1) is 13.8 Å². The first-order chi connectivity index (χ1) is 9.60. The van der Waals surface area contributed by atoms with Gasteiger partial charge in [-0.3, -0.25) is 9.78 Å². The lowest BCUT2D eigenvalue weighted by molar-refractivity contribution is 0.102. The summed E-state index contributed by atoms with van der Waals surface area (Å²) in [6.45, 7) is 6.29. The van der Waals surface area contributed by atoms with Gasteiger partial charge in [0.25, 0.3) is 5.91 Å². The Morgan fingerprint density at radius 1 is 1.25 bits per heavy atom. The predicted molar refractivity (Wildman–Crippen MR) is 77.1 cm³/mol. The van der Waals surface area contributed by atoms with Crippen molar-refractivity contribution in [2.75, 3.05) is 11.9 Å².